The Hall–Kier alpha value is -1.02. The van der Waals surface area contributed by atoms with Crippen molar-refractivity contribution >= 4 is 5.69 Å². The first-order valence-electron chi connectivity index (χ1n) is 7.32. The number of hydrogen-bond acceptors (Lipinski definition) is 2. The van der Waals surface area contributed by atoms with E-state index in [9.17, 15) is 0 Å². The fraction of sp³-hybridized carbons (Fsp3) is 0.647. The highest BCUT2D eigenvalue weighted by Gasteiger charge is 2.36. The summed E-state index contributed by atoms with van der Waals surface area (Å²) in [4.78, 5) is 2.61. The second-order valence-electron chi connectivity index (χ2n) is 7.20. The van der Waals surface area contributed by atoms with Gasteiger partial charge < -0.3 is 10.2 Å². The molecule has 0 atom stereocenters. The fourth-order valence-electron chi connectivity index (χ4n) is 3.12. The molecule has 1 aliphatic rings. The summed E-state index contributed by atoms with van der Waals surface area (Å²) in [7, 11) is 0. The third-order valence-electron chi connectivity index (χ3n) is 4.33. The van der Waals surface area contributed by atoms with E-state index in [1.165, 1.54) is 23.2 Å². The van der Waals surface area contributed by atoms with Crippen LogP contribution in [0.4, 0.5) is 5.69 Å². The Kier molecular flexibility index (Phi) is 3.65. The maximum absolute atomic E-state index is 3.67. The van der Waals surface area contributed by atoms with Crippen LogP contribution in [0.2, 0.25) is 0 Å². The zero-order valence-electron chi connectivity index (χ0n) is 13.3. The number of anilines is 1. The van der Waals surface area contributed by atoms with Crippen molar-refractivity contribution in [2.75, 3.05) is 18.0 Å². The number of benzene rings is 1. The van der Waals surface area contributed by atoms with Crippen LogP contribution < -0.4 is 10.2 Å². The molecule has 1 aromatic rings. The van der Waals surface area contributed by atoms with Crippen molar-refractivity contribution in [2.45, 2.75) is 59.0 Å². The van der Waals surface area contributed by atoms with E-state index < -0.39 is 0 Å². The Balaban J connectivity index is 2.49. The molecule has 0 radical (unpaired) electrons. The normalized spacial score (nSPS) is 22.1. The standard InChI is InChI=1S/C17H28N2/c1-13-8-7-9-14(2)15(13)19-12-16(3,4)18-11-10-17(19,5)6/h7-9,18H,10-12H2,1-6H3. The van der Waals surface area contributed by atoms with E-state index in [4.69, 9.17) is 0 Å². The Labute approximate surface area is 118 Å². The SMILES string of the molecule is Cc1cccc(C)c1N1CC(C)(C)NCCC1(C)C. The largest absolute Gasteiger partial charge is 0.364 e. The van der Waals surface area contributed by atoms with Crippen LogP contribution in [0.25, 0.3) is 0 Å². The highest BCUT2D eigenvalue weighted by molar-refractivity contribution is 5.61. The van der Waals surface area contributed by atoms with Gasteiger partial charge in [-0.15, -0.1) is 0 Å². The molecule has 0 aromatic heterocycles. The van der Waals surface area contributed by atoms with E-state index in [0.717, 1.165) is 13.1 Å². The van der Waals surface area contributed by atoms with Crippen molar-refractivity contribution in [3.8, 4) is 0 Å². The molecule has 1 N–H and O–H groups in total. The maximum atomic E-state index is 3.67. The van der Waals surface area contributed by atoms with Crippen LogP contribution in [0, 0.1) is 13.8 Å². The summed E-state index contributed by atoms with van der Waals surface area (Å²) in [5.41, 5.74) is 4.53. The molecule has 0 aliphatic carbocycles. The van der Waals surface area contributed by atoms with Gasteiger partial charge in [0.05, 0.1) is 0 Å². The summed E-state index contributed by atoms with van der Waals surface area (Å²) in [6, 6.07) is 6.61. The monoisotopic (exact) mass is 260 g/mol. The Morgan fingerprint density at radius 2 is 1.63 bits per heavy atom. The minimum atomic E-state index is 0.155. The van der Waals surface area contributed by atoms with Gasteiger partial charge in [-0.1, -0.05) is 18.2 Å². The van der Waals surface area contributed by atoms with Gasteiger partial charge in [-0.2, -0.15) is 0 Å². The molecule has 2 rings (SSSR count). The lowest BCUT2D eigenvalue weighted by Gasteiger charge is -2.43. The third kappa shape index (κ3) is 2.94. The molecule has 1 aliphatic heterocycles. The molecule has 0 bridgehead atoms. The lowest BCUT2D eigenvalue weighted by molar-refractivity contribution is 0.409. The van der Waals surface area contributed by atoms with E-state index in [2.05, 4.69) is 70.0 Å². The average molecular weight is 260 g/mol. The van der Waals surface area contributed by atoms with Gasteiger partial charge in [-0.25, -0.2) is 0 Å². The molecule has 2 nitrogen and oxygen atoms in total. The van der Waals surface area contributed by atoms with Crippen molar-refractivity contribution < 1.29 is 0 Å². The highest BCUT2D eigenvalue weighted by Crippen LogP contribution is 2.34. The molecule has 0 amide bonds. The first-order chi connectivity index (χ1) is 8.73. The second kappa shape index (κ2) is 4.82. The van der Waals surface area contributed by atoms with Gasteiger partial charge in [0, 0.05) is 23.3 Å². The van der Waals surface area contributed by atoms with E-state index in [1.807, 2.05) is 0 Å². The van der Waals surface area contributed by atoms with Crippen LogP contribution in [-0.4, -0.2) is 24.2 Å². The molecule has 2 heteroatoms. The topological polar surface area (TPSA) is 15.3 Å². The van der Waals surface area contributed by atoms with Crippen molar-refractivity contribution in [2.24, 2.45) is 0 Å². The summed E-state index contributed by atoms with van der Waals surface area (Å²) in [5, 5.41) is 3.67. The molecule has 1 aromatic carbocycles. The van der Waals surface area contributed by atoms with Crippen molar-refractivity contribution in [1.82, 2.24) is 5.32 Å². The van der Waals surface area contributed by atoms with Gasteiger partial charge in [-0.3, -0.25) is 0 Å². The molecule has 1 heterocycles. The smallest absolute Gasteiger partial charge is 0.0430 e. The first-order valence-corrected chi connectivity index (χ1v) is 7.32. The number of rotatable bonds is 1. The minimum absolute atomic E-state index is 0.155. The van der Waals surface area contributed by atoms with Gasteiger partial charge in [0.1, 0.15) is 0 Å². The zero-order chi connectivity index (χ0) is 14.3. The summed E-state index contributed by atoms with van der Waals surface area (Å²) in [5.74, 6) is 0. The molecule has 0 spiro atoms. The van der Waals surface area contributed by atoms with E-state index in [0.29, 0.717) is 0 Å². The van der Waals surface area contributed by atoms with E-state index in [1.54, 1.807) is 0 Å². The molecular formula is C17H28N2. The van der Waals surface area contributed by atoms with Gasteiger partial charge in [0.2, 0.25) is 0 Å². The highest BCUT2D eigenvalue weighted by atomic mass is 15.2. The van der Waals surface area contributed by atoms with Gasteiger partial charge in [-0.05, 0) is 65.6 Å². The van der Waals surface area contributed by atoms with E-state index in [-0.39, 0.29) is 11.1 Å². The lowest BCUT2D eigenvalue weighted by atomic mass is 9.94. The molecule has 1 fully saturated rings. The summed E-state index contributed by atoms with van der Waals surface area (Å²) in [6.07, 6.45) is 1.17. The lowest BCUT2D eigenvalue weighted by Crippen LogP contribution is -2.51. The van der Waals surface area contributed by atoms with E-state index >= 15 is 0 Å². The van der Waals surface area contributed by atoms with Crippen LogP contribution in [0.1, 0.15) is 45.2 Å². The summed E-state index contributed by atoms with van der Waals surface area (Å²) < 4.78 is 0. The van der Waals surface area contributed by atoms with Gasteiger partial charge in [0.15, 0.2) is 0 Å². The number of hydrogen-bond donors (Lipinski definition) is 1. The maximum Gasteiger partial charge on any atom is 0.0430 e. The Morgan fingerprint density at radius 1 is 1.05 bits per heavy atom. The zero-order valence-corrected chi connectivity index (χ0v) is 13.3. The predicted octanol–water partition coefficient (Wildman–Crippen LogP) is 3.66. The minimum Gasteiger partial charge on any atom is -0.364 e. The molecular weight excluding hydrogens is 232 g/mol. The van der Waals surface area contributed by atoms with Gasteiger partial charge in [0.25, 0.3) is 0 Å². The molecule has 1 saturated heterocycles. The summed E-state index contributed by atoms with van der Waals surface area (Å²) >= 11 is 0. The van der Waals surface area contributed by atoms with Crippen LogP contribution in [-0.2, 0) is 0 Å². The Morgan fingerprint density at radius 3 is 2.21 bits per heavy atom. The van der Waals surface area contributed by atoms with Crippen LogP contribution in [0.3, 0.4) is 0 Å². The Bertz CT molecular complexity index is 440. The van der Waals surface area contributed by atoms with Crippen molar-refractivity contribution in [1.29, 1.82) is 0 Å². The number of nitrogens with one attached hydrogen (secondary N) is 1. The third-order valence-corrected chi connectivity index (χ3v) is 4.33. The number of nitrogens with zero attached hydrogens (tertiary/aromatic N) is 1. The predicted molar refractivity (Wildman–Crippen MR) is 84.0 cm³/mol. The second-order valence-corrected chi connectivity index (χ2v) is 7.20. The van der Waals surface area contributed by atoms with Gasteiger partial charge >= 0.3 is 0 Å². The quantitative estimate of drug-likeness (QED) is 0.829. The molecule has 106 valence electrons. The number of aryl methyl sites for hydroxylation is 2. The summed E-state index contributed by atoms with van der Waals surface area (Å²) in [6.45, 7) is 15.9. The molecule has 0 unspecified atom stereocenters. The van der Waals surface area contributed by atoms with Crippen LogP contribution >= 0.6 is 0 Å². The van der Waals surface area contributed by atoms with Crippen LogP contribution in [0.15, 0.2) is 18.2 Å². The van der Waals surface area contributed by atoms with Crippen molar-refractivity contribution in [3.05, 3.63) is 29.3 Å². The van der Waals surface area contributed by atoms with Crippen LogP contribution in [0.5, 0.6) is 0 Å². The van der Waals surface area contributed by atoms with Crippen molar-refractivity contribution in [3.63, 3.8) is 0 Å². The number of para-hydroxylation sites is 1. The fourth-order valence-corrected chi connectivity index (χ4v) is 3.12. The first kappa shape index (κ1) is 14.4. The molecule has 19 heavy (non-hydrogen) atoms. The average Bonchev–Trinajstić information content (AvgIpc) is 2.35. The molecule has 0 saturated carbocycles.